The molecule has 3 rings (SSSR count). The molecule has 0 amide bonds. The second-order valence-electron chi connectivity index (χ2n) is 5.66. The van der Waals surface area contributed by atoms with E-state index in [9.17, 15) is 0 Å². The fourth-order valence-corrected chi connectivity index (χ4v) is 2.81. The SMILES string of the molecule is CCOc1ccc(C=NN2CCN(c3ccc(Cl)cc3)CC2)cc1. The first-order chi connectivity index (χ1) is 11.7. The smallest absolute Gasteiger partial charge is 0.119 e. The van der Waals surface area contributed by atoms with Crippen LogP contribution in [-0.4, -0.2) is 44.0 Å². The number of hydrogen-bond acceptors (Lipinski definition) is 4. The second kappa shape index (κ2) is 8.06. The molecule has 0 radical (unpaired) electrons. The van der Waals surface area contributed by atoms with Crippen LogP contribution in [0.5, 0.6) is 5.75 Å². The van der Waals surface area contributed by atoms with Crippen LogP contribution in [0.2, 0.25) is 5.02 Å². The molecule has 2 aromatic rings. The van der Waals surface area contributed by atoms with Crippen LogP contribution in [0, 0.1) is 0 Å². The molecule has 24 heavy (non-hydrogen) atoms. The molecule has 1 aliphatic rings. The van der Waals surface area contributed by atoms with E-state index in [0.29, 0.717) is 6.61 Å². The number of ether oxygens (including phenoxy) is 1. The van der Waals surface area contributed by atoms with E-state index in [1.165, 1.54) is 5.69 Å². The summed E-state index contributed by atoms with van der Waals surface area (Å²) < 4.78 is 5.45. The van der Waals surface area contributed by atoms with Gasteiger partial charge in [-0.15, -0.1) is 0 Å². The van der Waals surface area contributed by atoms with Gasteiger partial charge in [-0.25, -0.2) is 0 Å². The first-order valence-corrected chi connectivity index (χ1v) is 8.64. The van der Waals surface area contributed by atoms with Gasteiger partial charge in [0.15, 0.2) is 0 Å². The fourth-order valence-electron chi connectivity index (χ4n) is 2.69. The molecule has 0 saturated carbocycles. The lowest BCUT2D eigenvalue weighted by molar-refractivity contribution is 0.272. The van der Waals surface area contributed by atoms with Crippen molar-refractivity contribution in [3.63, 3.8) is 0 Å². The van der Waals surface area contributed by atoms with E-state index in [4.69, 9.17) is 16.3 Å². The minimum absolute atomic E-state index is 0.686. The highest BCUT2D eigenvalue weighted by Crippen LogP contribution is 2.19. The summed E-state index contributed by atoms with van der Waals surface area (Å²) in [4.78, 5) is 2.36. The van der Waals surface area contributed by atoms with Gasteiger partial charge in [-0.2, -0.15) is 5.10 Å². The normalized spacial score (nSPS) is 15.1. The molecular formula is C19H22ClN3O. The van der Waals surface area contributed by atoms with Gasteiger partial charge in [-0.05, 0) is 61.0 Å². The maximum Gasteiger partial charge on any atom is 0.119 e. The third-order valence-corrected chi connectivity index (χ3v) is 4.26. The maximum atomic E-state index is 5.95. The van der Waals surface area contributed by atoms with Crippen LogP contribution >= 0.6 is 11.6 Å². The minimum atomic E-state index is 0.686. The highest BCUT2D eigenvalue weighted by molar-refractivity contribution is 6.30. The van der Waals surface area contributed by atoms with Gasteiger partial charge in [0.25, 0.3) is 0 Å². The Labute approximate surface area is 148 Å². The largest absolute Gasteiger partial charge is 0.494 e. The van der Waals surface area contributed by atoms with Crippen molar-refractivity contribution < 1.29 is 4.74 Å². The molecule has 5 heteroatoms. The molecule has 1 fully saturated rings. The Kier molecular flexibility index (Phi) is 5.59. The first kappa shape index (κ1) is 16.7. The summed E-state index contributed by atoms with van der Waals surface area (Å²) in [6.45, 7) is 6.42. The molecule has 1 saturated heterocycles. The number of hydrogen-bond donors (Lipinski definition) is 0. The lowest BCUT2D eigenvalue weighted by atomic mass is 10.2. The van der Waals surface area contributed by atoms with Gasteiger partial charge in [0, 0.05) is 23.8 Å². The Morgan fingerprint density at radius 2 is 1.67 bits per heavy atom. The van der Waals surface area contributed by atoms with Crippen LogP contribution < -0.4 is 9.64 Å². The predicted molar refractivity (Wildman–Crippen MR) is 100 cm³/mol. The number of halogens is 1. The van der Waals surface area contributed by atoms with Gasteiger partial charge >= 0.3 is 0 Å². The van der Waals surface area contributed by atoms with Gasteiger partial charge in [0.1, 0.15) is 5.75 Å². The fraction of sp³-hybridized carbons (Fsp3) is 0.316. The molecule has 2 aromatic carbocycles. The average molecular weight is 344 g/mol. The minimum Gasteiger partial charge on any atom is -0.494 e. The molecular weight excluding hydrogens is 322 g/mol. The van der Waals surface area contributed by atoms with Crippen LogP contribution in [0.4, 0.5) is 5.69 Å². The number of piperazine rings is 1. The van der Waals surface area contributed by atoms with Crippen LogP contribution in [0.3, 0.4) is 0 Å². The number of anilines is 1. The van der Waals surface area contributed by atoms with Gasteiger partial charge in [-0.3, -0.25) is 5.01 Å². The number of nitrogens with zero attached hydrogens (tertiary/aromatic N) is 3. The van der Waals surface area contributed by atoms with Gasteiger partial charge in [-0.1, -0.05) is 11.6 Å². The van der Waals surface area contributed by atoms with Gasteiger partial charge < -0.3 is 9.64 Å². The molecule has 0 aromatic heterocycles. The zero-order valence-electron chi connectivity index (χ0n) is 13.9. The molecule has 0 spiro atoms. The molecule has 0 unspecified atom stereocenters. The summed E-state index contributed by atoms with van der Waals surface area (Å²) in [6, 6.07) is 16.0. The Hall–Kier alpha value is -2.20. The Morgan fingerprint density at radius 1 is 1.00 bits per heavy atom. The van der Waals surface area contributed by atoms with Crippen molar-refractivity contribution >= 4 is 23.5 Å². The van der Waals surface area contributed by atoms with E-state index in [1.807, 2.05) is 49.5 Å². The van der Waals surface area contributed by atoms with Crippen LogP contribution in [0.25, 0.3) is 0 Å². The Bertz CT molecular complexity index is 662. The summed E-state index contributed by atoms with van der Waals surface area (Å²) in [5, 5.41) is 7.48. The summed E-state index contributed by atoms with van der Waals surface area (Å²) in [5.41, 5.74) is 2.30. The van der Waals surface area contributed by atoms with E-state index in [2.05, 4.69) is 27.1 Å². The summed E-state index contributed by atoms with van der Waals surface area (Å²) in [6.07, 6.45) is 1.91. The molecule has 4 nitrogen and oxygen atoms in total. The van der Waals surface area contributed by atoms with Crippen molar-refractivity contribution in [2.45, 2.75) is 6.92 Å². The molecule has 0 N–H and O–H groups in total. The molecule has 0 atom stereocenters. The summed E-state index contributed by atoms with van der Waals surface area (Å²) in [5.74, 6) is 0.895. The standard InChI is InChI=1S/C19H22ClN3O/c1-2-24-19-9-3-16(4-10-19)15-21-23-13-11-22(12-14-23)18-7-5-17(20)6-8-18/h3-10,15H,2,11-14H2,1H3. The summed E-state index contributed by atoms with van der Waals surface area (Å²) in [7, 11) is 0. The van der Waals surface area contributed by atoms with Crippen LogP contribution in [-0.2, 0) is 0 Å². The van der Waals surface area contributed by atoms with Crippen molar-refractivity contribution in [2.75, 3.05) is 37.7 Å². The zero-order chi connectivity index (χ0) is 16.8. The lowest BCUT2D eigenvalue weighted by Gasteiger charge is -2.34. The molecule has 126 valence electrons. The van der Waals surface area contributed by atoms with Gasteiger partial charge in [0.2, 0.25) is 0 Å². The number of rotatable bonds is 5. The number of hydrazone groups is 1. The molecule has 0 bridgehead atoms. The highest BCUT2D eigenvalue weighted by atomic mass is 35.5. The zero-order valence-corrected chi connectivity index (χ0v) is 14.6. The van der Waals surface area contributed by atoms with E-state index < -0.39 is 0 Å². The van der Waals surface area contributed by atoms with Gasteiger partial charge in [0.05, 0.1) is 25.9 Å². The predicted octanol–water partition coefficient (Wildman–Crippen LogP) is 3.89. The van der Waals surface area contributed by atoms with E-state index in [-0.39, 0.29) is 0 Å². The third-order valence-electron chi connectivity index (χ3n) is 4.01. The summed E-state index contributed by atoms with van der Waals surface area (Å²) >= 11 is 5.95. The number of benzene rings is 2. The third kappa shape index (κ3) is 4.42. The van der Waals surface area contributed by atoms with E-state index >= 15 is 0 Å². The lowest BCUT2D eigenvalue weighted by Crippen LogP contribution is -2.44. The second-order valence-corrected chi connectivity index (χ2v) is 6.10. The molecule has 0 aliphatic carbocycles. The molecule has 1 heterocycles. The van der Waals surface area contributed by atoms with E-state index in [0.717, 1.165) is 42.5 Å². The average Bonchev–Trinajstić information content (AvgIpc) is 2.63. The van der Waals surface area contributed by atoms with Crippen molar-refractivity contribution in [1.82, 2.24) is 5.01 Å². The van der Waals surface area contributed by atoms with Crippen molar-refractivity contribution in [2.24, 2.45) is 5.10 Å². The highest BCUT2D eigenvalue weighted by Gasteiger charge is 2.15. The molecule has 1 aliphatic heterocycles. The van der Waals surface area contributed by atoms with Crippen LogP contribution in [0.1, 0.15) is 12.5 Å². The maximum absolute atomic E-state index is 5.95. The first-order valence-electron chi connectivity index (χ1n) is 8.27. The topological polar surface area (TPSA) is 28.1 Å². The van der Waals surface area contributed by atoms with Crippen molar-refractivity contribution in [1.29, 1.82) is 0 Å². The van der Waals surface area contributed by atoms with Crippen LogP contribution in [0.15, 0.2) is 53.6 Å². The van der Waals surface area contributed by atoms with Crippen molar-refractivity contribution in [3.05, 3.63) is 59.1 Å². The monoisotopic (exact) mass is 343 g/mol. The Morgan fingerprint density at radius 3 is 2.29 bits per heavy atom. The Balaban J connectivity index is 1.52. The van der Waals surface area contributed by atoms with Crippen molar-refractivity contribution in [3.8, 4) is 5.75 Å². The quantitative estimate of drug-likeness (QED) is 0.771. The van der Waals surface area contributed by atoms with E-state index in [1.54, 1.807) is 0 Å².